The topological polar surface area (TPSA) is 32.3 Å². The zero-order valence-corrected chi connectivity index (χ0v) is 12.5. The summed E-state index contributed by atoms with van der Waals surface area (Å²) < 4.78 is 1.17. The van der Waals surface area contributed by atoms with Crippen LogP contribution in [-0.2, 0) is 0 Å². The molecular weight excluding hydrogens is 286 g/mol. The summed E-state index contributed by atoms with van der Waals surface area (Å²) in [7, 11) is 0. The van der Waals surface area contributed by atoms with Crippen molar-refractivity contribution in [3.05, 3.63) is 20.8 Å². The summed E-state index contributed by atoms with van der Waals surface area (Å²) >= 11 is 5.24. The van der Waals surface area contributed by atoms with Gasteiger partial charge in [0.2, 0.25) is 0 Å². The standard InChI is InChI=1S/C12H20BrNOS/c1-9(10-4-5-11(13)16-10)14-8-12(2,3)6-7-15/h4-5,9,14-15H,6-8H2,1-3H3. The summed E-state index contributed by atoms with van der Waals surface area (Å²) in [5.74, 6) is 0. The lowest BCUT2D eigenvalue weighted by molar-refractivity contribution is 0.204. The van der Waals surface area contributed by atoms with E-state index in [9.17, 15) is 0 Å². The normalized spacial score (nSPS) is 14.1. The molecule has 1 aromatic rings. The Hall–Kier alpha value is 0.1000. The summed E-state index contributed by atoms with van der Waals surface area (Å²) in [6.07, 6.45) is 0.834. The van der Waals surface area contributed by atoms with Crippen LogP contribution in [0.25, 0.3) is 0 Å². The average Bonchev–Trinajstić information content (AvgIpc) is 2.61. The van der Waals surface area contributed by atoms with Crippen LogP contribution in [0.15, 0.2) is 15.9 Å². The van der Waals surface area contributed by atoms with Crippen LogP contribution >= 0.6 is 27.3 Å². The molecule has 1 rings (SSSR count). The Balaban J connectivity index is 2.43. The van der Waals surface area contributed by atoms with E-state index in [-0.39, 0.29) is 12.0 Å². The maximum atomic E-state index is 8.96. The number of aliphatic hydroxyl groups is 1. The van der Waals surface area contributed by atoms with Gasteiger partial charge in [-0.3, -0.25) is 0 Å². The van der Waals surface area contributed by atoms with Crippen molar-refractivity contribution in [2.45, 2.75) is 33.2 Å². The summed E-state index contributed by atoms with van der Waals surface area (Å²) in [6.45, 7) is 7.70. The fraction of sp³-hybridized carbons (Fsp3) is 0.667. The highest BCUT2D eigenvalue weighted by molar-refractivity contribution is 9.11. The molecule has 1 heterocycles. The van der Waals surface area contributed by atoms with Crippen molar-refractivity contribution in [3.63, 3.8) is 0 Å². The second-order valence-corrected chi connectivity index (χ2v) is 7.38. The number of halogens is 1. The molecular formula is C12H20BrNOS. The van der Waals surface area contributed by atoms with E-state index in [2.05, 4.69) is 54.2 Å². The highest BCUT2D eigenvalue weighted by Crippen LogP contribution is 2.28. The van der Waals surface area contributed by atoms with Gasteiger partial charge in [0.15, 0.2) is 0 Å². The quantitative estimate of drug-likeness (QED) is 0.842. The van der Waals surface area contributed by atoms with E-state index in [1.807, 2.05) is 0 Å². The molecule has 0 bridgehead atoms. The predicted octanol–water partition coefficient (Wildman–Crippen LogP) is 3.57. The Bertz CT molecular complexity index is 325. The zero-order chi connectivity index (χ0) is 12.2. The van der Waals surface area contributed by atoms with Crippen LogP contribution in [0.4, 0.5) is 0 Å². The SMILES string of the molecule is CC(NCC(C)(C)CCO)c1ccc(Br)s1. The molecule has 4 heteroatoms. The molecule has 0 saturated heterocycles. The van der Waals surface area contributed by atoms with Gasteiger partial charge in [-0.15, -0.1) is 11.3 Å². The Morgan fingerprint density at radius 3 is 2.69 bits per heavy atom. The van der Waals surface area contributed by atoms with Crippen molar-refractivity contribution in [2.75, 3.05) is 13.2 Å². The van der Waals surface area contributed by atoms with Crippen molar-refractivity contribution < 1.29 is 5.11 Å². The van der Waals surface area contributed by atoms with Gasteiger partial charge in [0.05, 0.1) is 3.79 Å². The molecule has 92 valence electrons. The van der Waals surface area contributed by atoms with E-state index < -0.39 is 0 Å². The molecule has 0 spiro atoms. The van der Waals surface area contributed by atoms with Crippen LogP contribution in [0.5, 0.6) is 0 Å². The summed E-state index contributed by atoms with van der Waals surface area (Å²) in [4.78, 5) is 1.34. The van der Waals surface area contributed by atoms with Gasteiger partial charge in [-0.1, -0.05) is 13.8 Å². The monoisotopic (exact) mass is 305 g/mol. The Morgan fingerprint density at radius 2 is 2.19 bits per heavy atom. The molecule has 0 aliphatic rings. The van der Waals surface area contributed by atoms with Gasteiger partial charge in [0.1, 0.15) is 0 Å². The molecule has 0 aliphatic carbocycles. The molecule has 0 amide bonds. The first kappa shape index (κ1) is 14.2. The van der Waals surface area contributed by atoms with Crippen molar-refractivity contribution in [1.82, 2.24) is 5.32 Å². The Kier molecular flexibility index (Phi) is 5.44. The van der Waals surface area contributed by atoms with Gasteiger partial charge < -0.3 is 10.4 Å². The number of hydrogen-bond donors (Lipinski definition) is 2. The molecule has 1 unspecified atom stereocenters. The molecule has 0 fully saturated rings. The Morgan fingerprint density at radius 1 is 1.50 bits per heavy atom. The highest BCUT2D eigenvalue weighted by atomic mass is 79.9. The number of rotatable bonds is 6. The molecule has 0 radical (unpaired) electrons. The third-order valence-electron chi connectivity index (χ3n) is 2.70. The fourth-order valence-electron chi connectivity index (χ4n) is 1.48. The van der Waals surface area contributed by atoms with E-state index in [0.29, 0.717) is 6.04 Å². The largest absolute Gasteiger partial charge is 0.396 e. The first-order valence-corrected chi connectivity index (χ1v) is 7.15. The molecule has 2 N–H and O–H groups in total. The number of hydrogen-bond acceptors (Lipinski definition) is 3. The third-order valence-corrected chi connectivity index (χ3v) is 4.50. The maximum Gasteiger partial charge on any atom is 0.0701 e. The van der Waals surface area contributed by atoms with Crippen LogP contribution in [0.2, 0.25) is 0 Å². The smallest absolute Gasteiger partial charge is 0.0701 e. The molecule has 1 atom stereocenters. The molecule has 0 aromatic carbocycles. The first-order valence-electron chi connectivity index (χ1n) is 5.54. The van der Waals surface area contributed by atoms with Gasteiger partial charge in [0.25, 0.3) is 0 Å². The van der Waals surface area contributed by atoms with Gasteiger partial charge in [0, 0.05) is 24.1 Å². The van der Waals surface area contributed by atoms with Gasteiger partial charge in [-0.2, -0.15) is 0 Å². The van der Waals surface area contributed by atoms with Crippen molar-refractivity contribution in [2.24, 2.45) is 5.41 Å². The molecule has 2 nitrogen and oxygen atoms in total. The summed E-state index contributed by atoms with van der Waals surface area (Å²) in [6, 6.07) is 4.59. The number of nitrogens with one attached hydrogen (secondary N) is 1. The lowest BCUT2D eigenvalue weighted by atomic mass is 9.89. The summed E-state index contributed by atoms with van der Waals surface area (Å²) in [5.41, 5.74) is 0.150. The van der Waals surface area contributed by atoms with E-state index in [0.717, 1.165) is 13.0 Å². The van der Waals surface area contributed by atoms with Crippen LogP contribution < -0.4 is 5.32 Å². The van der Waals surface area contributed by atoms with Crippen molar-refractivity contribution >= 4 is 27.3 Å². The minimum absolute atomic E-state index is 0.150. The maximum absolute atomic E-state index is 8.96. The van der Waals surface area contributed by atoms with Gasteiger partial charge in [-0.05, 0) is 46.8 Å². The first-order chi connectivity index (χ1) is 7.44. The second-order valence-electron chi connectivity index (χ2n) is 4.88. The van der Waals surface area contributed by atoms with Crippen molar-refractivity contribution in [3.8, 4) is 0 Å². The molecule has 0 saturated carbocycles. The number of aliphatic hydroxyl groups excluding tert-OH is 1. The van der Waals surface area contributed by atoms with Crippen LogP contribution in [0.3, 0.4) is 0 Å². The number of thiophene rings is 1. The summed E-state index contributed by atoms with van der Waals surface area (Å²) in [5, 5.41) is 12.5. The van der Waals surface area contributed by atoms with Crippen molar-refractivity contribution in [1.29, 1.82) is 0 Å². The van der Waals surface area contributed by atoms with Crippen LogP contribution in [0, 0.1) is 5.41 Å². The van der Waals surface area contributed by atoms with Crippen LogP contribution in [-0.4, -0.2) is 18.3 Å². The molecule has 0 aliphatic heterocycles. The van der Waals surface area contributed by atoms with E-state index in [4.69, 9.17) is 5.11 Å². The Labute approximate surface area is 110 Å². The predicted molar refractivity (Wildman–Crippen MR) is 73.9 cm³/mol. The molecule has 1 aromatic heterocycles. The zero-order valence-electron chi connectivity index (χ0n) is 10.1. The minimum Gasteiger partial charge on any atom is -0.396 e. The highest BCUT2D eigenvalue weighted by Gasteiger charge is 2.18. The van der Waals surface area contributed by atoms with Gasteiger partial charge in [-0.25, -0.2) is 0 Å². The average molecular weight is 306 g/mol. The molecule has 16 heavy (non-hydrogen) atoms. The lowest BCUT2D eigenvalue weighted by Crippen LogP contribution is -2.31. The van der Waals surface area contributed by atoms with Gasteiger partial charge >= 0.3 is 0 Å². The van der Waals surface area contributed by atoms with E-state index in [1.165, 1.54) is 8.66 Å². The van der Waals surface area contributed by atoms with Crippen LogP contribution in [0.1, 0.15) is 38.1 Å². The second kappa shape index (κ2) is 6.15. The third kappa shape index (κ3) is 4.53. The minimum atomic E-state index is 0.150. The lowest BCUT2D eigenvalue weighted by Gasteiger charge is -2.26. The van der Waals surface area contributed by atoms with E-state index >= 15 is 0 Å². The fourth-order valence-corrected chi connectivity index (χ4v) is 2.93. The van der Waals surface area contributed by atoms with E-state index in [1.54, 1.807) is 11.3 Å².